The summed E-state index contributed by atoms with van der Waals surface area (Å²) in [6.45, 7) is 0. The van der Waals surface area contributed by atoms with Crippen LogP contribution in [0.4, 0.5) is 17.1 Å². The summed E-state index contributed by atoms with van der Waals surface area (Å²) >= 11 is 0. The summed E-state index contributed by atoms with van der Waals surface area (Å²) in [7, 11) is 0. The number of benzene rings is 6. The van der Waals surface area contributed by atoms with Gasteiger partial charge in [0.15, 0.2) is 0 Å². The van der Waals surface area contributed by atoms with Crippen molar-refractivity contribution in [3.05, 3.63) is 182 Å². The maximum atomic E-state index is 6.16. The number of anilines is 3. The third-order valence-electron chi connectivity index (χ3n) is 9.81. The number of furan rings is 1. The van der Waals surface area contributed by atoms with Gasteiger partial charge in [0, 0.05) is 68.8 Å². The zero-order chi connectivity index (χ0) is 34.4. The van der Waals surface area contributed by atoms with Crippen LogP contribution in [0.5, 0.6) is 0 Å². The Bertz CT molecular complexity index is 2770. The van der Waals surface area contributed by atoms with E-state index in [0.29, 0.717) is 0 Å². The van der Waals surface area contributed by atoms with Crippen molar-refractivity contribution in [3.8, 4) is 33.5 Å². The lowest BCUT2D eigenvalue weighted by atomic mass is 10.0. The molecule has 4 aromatic heterocycles. The largest absolute Gasteiger partial charge is 0.456 e. The SMILES string of the molecule is c1cnc2ccc(-c3ccc(N(c4ccc(-c5ccc6ncccc6c5)cc4)c4ccc(-c5cc6oc7ccccc7c6cn5)cc4)cc3)cc2c1. The lowest BCUT2D eigenvalue weighted by molar-refractivity contribution is 0.668. The molecule has 0 radical (unpaired) electrons. The number of hydrogen-bond donors (Lipinski definition) is 0. The Balaban J connectivity index is 1.02. The first-order valence-electron chi connectivity index (χ1n) is 17.3. The lowest BCUT2D eigenvalue weighted by Crippen LogP contribution is -2.09. The molecule has 0 aliphatic heterocycles. The van der Waals surface area contributed by atoms with Crippen molar-refractivity contribution in [1.29, 1.82) is 0 Å². The summed E-state index contributed by atoms with van der Waals surface area (Å²) < 4.78 is 6.16. The number of para-hydroxylation sites is 1. The number of aromatic nitrogens is 3. The molecule has 0 unspecified atom stereocenters. The van der Waals surface area contributed by atoms with Gasteiger partial charge in [0.25, 0.3) is 0 Å². The van der Waals surface area contributed by atoms with Gasteiger partial charge in [-0.3, -0.25) is 15.0 Å². The molecule has 6 aromatic carbocycles. The van der Waals surface area contributed by atoms with E-state index in [1.165, 1.54) is 0 Å². The minimum atomic E-state index is 0.836. The summed E-state index contributed by atoms with van der Waals surface area (Å²) in [5, 5.41) is 4.36. The number of nitrogens with zero attached hydrogens (tertiary/aromatic N) is 4. The number of pyridine rings is 3. The van der Waals surface area contributed by atoms with Crippen LogP contribution < -0.4 is 4.90 Å². The summed E-state index contributed by atoms with van der Waals surface area (Å²) in [5.74, 6) is 0. The fourth-order valence-corrected chi connectivity index (χ4v) is 7.12. The van der Waals surface area contributed by atoms with E-state index < -0.39 is 0 Å². The Morgan fingerprint density at radius 3 is 1.48 bits per heavy atom. The lowest BCUT2D eigenvalue weighted by Gasteiger charge is -2.26. The quantitative estimate of drug-likeness (QED) is 0.177. The van der Waals surface area contributed by atoms with E-state index in [9.17, 15) is 0 Å². The Morgan fingerprint density at radius 1 is 0.385 bits per heavy atom. The van der Waals surface area contributed by atoms with Gasteiger partial charge in [0.1, 0.15) is 11.2 Å². The molecule has 10 rings (SSSR count). The molecule has 0 spiro atoms. The van der Waals surface area contributed by atoms with E-state index in [1.54, 1.807) is 0 Å². The fourth-order valence-electron chi connectivity index (χ4n) is 7.12. The van der Waals surface area contributed by atoms with Crippen LogP contribution in [0, 0.1) is 0 Å². The average molecular weight is 667 g/mol. The molecule has 0 fully saturated rings. The van der Waals surface area contributed by atoms with Gasteiger partial charge in [-0.25, -0.2) is 0 Å². The molecule has 5 heteroatoms. The molecule has 5 nitrogen and oxygen atoms in total. The Morgan fingerprint density at radius 2 is 0.904 bits per heavy atom. The smallest absolute Gasteiger partial charge is 0.139 e. The predicted octanol–water partition coefficient (Wildman–Crippen LogP) is 12.5. The maximum Gasteiger partial charge on any atom is 0.139 e. The molecule has 52 heavy (non-hydrogen) atoms. The van der Waals surface area contributed by atoms with E-state index in [-0.39, 0.29) is 0 Å². The highest BCUT2D eigenvalue weighted by Crippen LogP contribution is 2.38. The van der Waals surface area contributed by atoms with E-state index in [1.807, 2.05) is 55.0 Å². The molecule has 244 valence electrons. The molecule has 0 aliphatic rings. The highest BCUT2D eigenvalue weighted by molar-refractivity contribution is 6.05. The van der Waals surface area contributed by atoms with E-state index in [2.05, 4.69) is 142 Å². The van der Waals surface area contributed by atoms with Gasteiger partial charge in [0.2, 0.25) is 0 Å². The van der Waals surface area contributed by atoms with Crippen molar-refractivity contribution in [2.75, 3.05) is 4.90 Å². The summed E-state index contributed by atoms with van der Waals surface area (Å²) in [6, 6.07) is 57.3. The molecule has 0 atom stereocenters. The second-order valence-electron chi connectivity index (χ2n) is 13.0. The van der Waals surface area contributed by atoms with Crippen LogP contribution in [0.2, 0.25) is 0 Å². The van der Waals surface area contributed by atoms with Crippen LogP contribution in [-0.2, 0) is 0 Å². The molecule has 0 bridgehead atoms. The van der Waals surface area contributed by atoms with Crippen LogP contribution in [0.25, 0.3) is 77.3 Å². The van der Waals surface area contributed by atoms with Gasteiger partial charge < -0.3 is 9.32 Å². The van der Waals surface area contributed by atoms with E-state index >= 15 is 0 Å². The molecule has 0 aliphatic carbocycles. The van der Waals surface area contributed by atoms with Crippen LogP contribution in [0.15, 0.2) is 187 Å². The van der Waals surface area contributed by atoms with Gasteiger partial charge in [-0.15, -0.1) is 0 Å². The molecule has 0 amide bonds. The second-order valence-corrected chi connectivity index (χ2v) is 13.0. The Kier molecular flexibility index (Phi) is 7.07. The first-order chi connectivity index (χ1) is 25.7. The van der Waals surface area contributed by atoms with Crippen LogP contribution in [0.1, 0.15) is 0 Å². The van der Waals surface area contributed by atoms with Crippen LogP contribution in [-0.4, -0.2) is 15.0 Å². The molecule has 4 heterocycles. The number of fused-ring (bicyclic) bond motifs is 5. The van der Waals surface area contributed by atoms with Gasteiger partial charge in [0.05, 0.1) is 16.7 Å². The number of hydrogen-bond acceptors (Lipinski definition) is 5. The van der Waals surface area contributed by atoms with Gasteiger partial charge >= 0.3 is 0 Å². The summed E-state index contributed by atoms with van der Waals surface area (Å²) in [5.41, 5.74) is 13.4. The molecule has 0 saturated carbocycles. The molecule has 10 aromatic rings. The first-order valence-corrected chi connectivity index (χ1v) is 17.3. The Labute approximate surface area is 300 Å². The van der Waals surface area contributed by atoms with E-state index in [4.69, 9.17) is 9.40 Å². The molecule has 0 N–H and O–H groups in total. The zero-order valence-electron chi connectivity index (χ0n) is 28.0. The van der Waals surface area contributed by atoms with Gasteiger partial charge in [-0.1, -0.05) is 78.9 Å². The highest BCUT2D eigenvalue weighted by Gasteiger charge is 2.15. The fraction of sp³-hybridized carbons (Fsp3) is 0. The standard InChI is InChI=1S/C47H30N4O/c1-2-8-46-41(7-1)42-30-50-45(29-47(42)52-46)33-13-21-40(22-14-33)51(38-17-9-31(10-18-38)34-15-23-43-36(27-34)5-3-25-48-43)39-19-11-32(12-20-39)35-16-24-44-37(28-35)6-4-26-49-44/h1-30H. The van der Waals surface area contributed by atoms with Gasteiger partial charge in [-0.2, -0.15) is 0 Å². The monoisotopic (exact) mass is 666 g/mol. The van der Waals surface area contributed by atoms with Crippen molar-refractivity contribution in [1.82, 2.24) is 15.0 Å². The molecule has 0 saturated heterocycles. The third kappa shape index (κ3) is 5.32. The highest BCUT2D eigenvalue weighted by atomic mass is 16.3. The molecular weight excluding hydrogens is 637 g/mol. The second kappa shape index (κ2) is 12.3. The predicted molar refractivity (Wildman–Crippen MR) is 213 cm³/mol. The van der Waals surface area contributed by atoms with Crippen molar-refractivity contribution in [3.63, 3.8) is 0 Å². The van der Waals surface area contributed by atoms with Crippen molar-refractivity contribution in [2.45, 2.75) is 0 Å². The minimum Gasteiger partial charge on any atom is -0.456 e. The van der Waals surface area contributed by atoms with Crippen molar-refractivity contribution in [2.24, 2.45) is 0 Å². The van der Waals surface area contributed by atoms with Crippen LogP contribution >= 0.6 is 0 Å². The third-order valence-corrected chi connectivity index (χ3v) is 9.81. The topological polar surface area (TPSA) is 55.1 Å². The minimum absolute atomic E-state index is 0.836. The van der Waals surface area contributed by atoms with Crippen molar-refractivity contribution < 1.29 is 4.42 Å². The summed E-state index contributed by atoms with van der Waals surface area (Å²) in [4.78, 5) is 16.1. The first kappa shape index (κ1) is 29.8. The van der Waals surface area contributed by atoms with Crippen molar-refractivity contribution >= 4 is 60.8 Å². The van der Waals surface area contributed by atoms with E-state index in [0.717, 1.165) is 94.3 Å². The normalized spacial score (nSPS) is 11.5. The number of rotatable bonds is 6. The van der Waals surface area contributed by atoms with Gasteiger partial charge in [-0.05, 0) is 101 Å². The maximum absolute atomic E-state index is 6.16. The molecular formula is C47H30N4O. The summed E-state index contributed by atoms with van der Waals surface area (Å²) in [6.07, 6.45) is 5.58. The zero-order valence-corrected chi connectivity index (χ0v) is 28.0. The average Bonchev–Trinajstić information content (AvgIpc) is 3.59. The Hall–Kier alpha value is -7.11. The van der Waals surface area contributed by atoms with Crippen LogP contribution in [0.3, 0.4) is 0 Å².